The van der Waals surface area contributed by atoms with Crippen molar-refractivity contribution in [1.82, 2.24) is 10.2 Å². The Kier molecular flexibility index (Phi) is 3.51. The predicted molar refractivity (Wildman–Crippen MR) is 88.3 cm³/mol. The van der Waals surface area contributed by atoms with Gasteiger partial charge in [0, 0.05) is 63.2 Å². The first kappa shape index (κ1) is 13.4. The van der Waals surface area contributed by atoms with Gasteiger partial charge in [-0.2, -0.15) is 0 Å². The first-order valence-electron chi connectivity index (χ1n) is 8.32. The van der Waals surface area contributed by atoms with Crippen molar-refractivity contribution in [3.8, 4) is 0 Å². The fourth-order valence-corrected chi connectivity index (χ4v) is 4.27. The van der Waals surface area contributed by atoms with Crippen LogP contribution in [-0.2, 0) is 0 Å². The van der Waals surface area contributed by atoms with Gasteiger partial charge >= 0.3 is 0 Å². The third-order valence-corrected chi connectivity index (χ3v) is 5.39. The summed E-state index contributed by atoms with van der Waals surface area (Å²) in [6, 6.07) is 10.0. The summed E-state index contributed by atoms with van der Waals surface area (Å²) in [4.78, 5) is 7.60. The molecule has 0 saturated carbocycles. The van der Waals surface area contributed by atoms with E-state index in [9.17, 15) is 0 Å². The van der Waals surface area contributed by atoms with E-state index in [4.69, 9.17) is 0 Å². The highest BCUT2D eigenvalue weighted by Gasteiger charge is 2.39. The molecular weight excluding hydrogens is 260 g/mol. The summed E-state index contributed by atoms with van der Waals surface area (Å²) in [7, 11) is 2.25. The van der Waals surface area contributed by atoms with Crippen molar-refractivity contribution in [2.24, 2.45) is 5.92 Å². The summed E-state index contributed by atoms with van der Waals surface area (Å²) < 4.78 is 0. The zero-order chi connectivity index (χ0) is 14.2. The van der Waals surface area contributed by atoms with E-state index in [-0.39, 0.29) is 0 Å². The van der Waals surface area contributed by atoms with Crippen molar-refractivity contribution in [3.63, 3.8) is 0 Å². The predicted octanol–water partition coefficient (Wildman–Crippen LogP) is 1.24. The van der Waals surface area contributed by atoms with Gasteiger partial charge < -0.3 is 20.0 Å². The van der Waals surface area contributed by atoms with Crippen LogP contribution < -0.4 is 15.1 Å². The van der Waals surface area contributed by atoms with E-state index >= 15 is 0 Å². The Morgan fingerprint density at radius 1 is 0.952 bits per heavy atom. The van der Waals surface area contributed by atoms with Crippen LogP contribution in [0.25, 0.3) is 0 Å². The average molecular weight is 286 g/mol. The summed E-state index contributed by atoms with van der Waals surface area (Å²) in [6.07, 6.45) is 1.36. The summed E-state index contributed by atoms with van der Waals surface area (Å²) in [5.41, 5.74) is 2.79. The number of likely N-dealkylation sites (N-methyl/N-ethyl adjacent to an activating group) is 1. The minimum Gasteiger partial charge on any atom is -0.369 e. The molecule has 114 valence electrons. The second kappa shape index (κ2) is 5.50. The van der Waals surface area contributed by atoms with E-state index < -0.39 is 0 Å². The van der Waals surface area contributed by atoms with Crippen molar-refractivity contribution in [2.75, 3.05) is 62.7 Å². The van der Waals surface area contributed by atoms with Gasteiger partial charge in [0.05, 0.1) is 0 Å². The molecule has 1 aromatic carbocycles. The second-order valence-corrected chi connectivity index (χ2v) is 6.78. The van der Waals surface area contributed by atoms with Gasteiger partial charge in [-0.05, 0) is 43.7 Å². The Morgan fingerprint density at radius 3 is 2.43 bits per heavy atom. The number of likely N-dealkylation sites (tertiary alicyclic amines) is 1. The number of hydrogen-bond donors (Lipinski definition) is 1. The number of fused-ring (bicyclic) bond motifs is 1. The van der Waals surface area contributed by atoms with Crippen LogP contribution in [0, 0.1) is 5.92 Å². The van der Waals surface area contributed by atoms with Gasteiger partial charge in [0.25, 0.3) is 0 Å². The number of rotatable bonds is 2. The number of benzene rings is 1. The lowest BCUT2D eigenvalue weighted by molar-refractivity contribution is 0.386. The zero-order valence-corrected chi connectivity index (χ0v) is 13.0. The SMILES string of the molecule is CN1CC2CCN(c3ccc(N4CCNCC4)cc3)C2C1. The van der Waals surface area contributed by atoms with Crippen molar-refractivity contribution < 1.29 is 0 Å². The molecule has 21 heavy (non-hydrogen) atoms. The molecule has 0 aliphatic carbocycles. The molecule has 0 amide bonds. The molecule has 3 heterocycles. The lowest BCUT2D eigenvalue weighted by Crippen LogP contribution is -2.43. The van der Waals surface area contributed by atoms with Crippen molar-refractivity contribution >= 4 is 11.4 Å². The molecule has 2 atom stereocenters. The maximum absolute atomic E-state index is 3.42. The fourth-order valence-electron chi connectivity index (χ4n) is 4.27. The third kappa shape index (κ3) is 2.51. The molecule has 0 spiro atoms. The third-order valence-electron chi connectivity index (χ3n) is 5.39. The number of anilines is 2. The average Bonchev–Trinajstić information content (AvgIpc) is 3.07. The summed E-state index contributed by atoms with van der Waals surface area (Å²) >= 11 is 0. The fraction of sp³-hybridized carbons (Fsp3) is 0.647. The number of hydrogen-bond acceptors (Lipinski definition) is 4. The Hall–Kier alpha value is -1.26. The smallest absolute Gasteiger partial charge is 0.0457 e. The van der Waals surface area contributed by atoms with Crippen LogP contribution in [0.4, 0.5) is 11.4 Å². The first-order chi connectivity index (χ1) is 10.3. The molecule has 4 rings (SSSR count). The highest BCUT2D eigenvalue weighted by molar-refractivity contribution is 5.58. The van der Waals surface area contributed by atoms with Gasteiger partial charge in [-0.1, -0.05) is 0 Å². The molecule has 0 bridgehead atoms. The quantitative estimate of drug-likeness (QED) is 0.883. The van der Waals surface area contributed by atoms with Gasteiger partial charge in [-0.15, -0.1) is 0 Å². The van der Waals surface area contributed by atoms with Crippen LogP contribution in [0.5, 0.6) is 0 Å². The van der Waals surface area contributed by atoms with Gasteiger partial charge in [0.2, 0.25) is 0 Å². The molecule has 4 nitrogen and oxygen atoms in total. The highest BCUT2D eigenvalue weighted by atomic mass is 15.3. The standard InChI is InChI=1S/C17H26N4/c1-19-12-14-6-9-21(17(14)13-19)16-4-2-15(3-5-16)20-10-7-18-8-11-20/h2-5,14,17-18H,6-13H2,1H3. The molecule has 1 N–H and O–H groups in total. The number of nitrogens with one attached hydrogen (secondary N) is 1. The van der Waals surface area contributed by atoms with Gasteiger partial charge in [-0.25, -0.2) is 0 Å². The van der Waals surface area contributed by atoms with Gasteiger partial charge in [-0.3, -0.25) is 0 Å². The van der Waals surface area contributed by atoms with Crippen molar-refractivity contribution in [2.45, 2.75) is 12.5 Å². The lowest BCUT2D eigenvalue weighted by atomic mass is 10.0. The Balaban J connectivity index is 1.48. The van der Waals surface area contributed by atoms with E-state index in [1.54, 1.807) is 0 Å². The summed E-state index contributed by atoms with van der Waals surface area (Å²) in [6.45, 7) is 8.19. The Morgan fingerprint density at radius 2 is 1.67 bits per heavy atom. The topological polar surface area (TPSA) is 21.8 Å². The summed E-state index contributed by atoms with van der Waals surface area (Å²) in [5.74, 6) is 0.878. The molecular formula is C17H26N4. The van der Waals surface area contributed by atoms with E-state index in [0.29, 0.717) is 0 Å². The molecule has 3 aliphatic rings. The van der Waals surface area contributed by atoms with Crippen molar-refractivity contribution in [1.29, 1.82) is 0 Å². The Labute approximate surface area is 127 Å². The van der Waals surface area contributed by atoms with E-state index in [1.807, 2.05) is 0 Å². The van der Waals surface area contributed by atoms with Crippen LogP contribution in [0.3, 0.4) is 0 Å². The van der Waals surface area contributed by atoms with Crippen LogP contribution >= 0.6 is 0 Å². The molecule has 0 radical (unpaired) electrons. The van der Waals surface area contributed by atoms with Crippen LogP contribution in [-0.4, -0.2) is 63.8 Å². The van der Waals surface area contributed by atoms with Crippen LogP contribution in [0.15, 0.2) is 24.3 Å². The minimum absolute atomic E-state index is 0.736. The lowest BCUT2D eigenvalue weighted by Gasteiger charge is -2.31. The Bertz CT molecular complexity index is 480. The molecule has 4 heteroatoms. The maximum Gasteiger partial charge on any atom is 0.0457 e. The second-order valence-electron chi connectivity index (χ2n) is 6.78. The van der Waals surface area contributed by atoms with E-state index in [0.717, 1.165) is 38.1 Å². The van der Waals surface area contributed by atoms with Crippen LogP contribution in [0.1, 0.15) is 6.42 Å². The maximum atomic E-state index is 3.42. The monoisotopic (exact) mass is 286 g/mol. The van der Waals surface area contributed by atoms with Crippen LogP contribution in [0.2, 0.25) is 0 Å². The van der Waals surface area contributed by atoms with Gasteiger partial charge in [0.1, 0.15) is 0 Å². The number of piperazine rings is 1. The van der Waals surface area contributed by atoms with Crippen molar-refractivity contribution in [3.05, 3.63) is 24.3 Å². The molecule has 2 unspecified atom stereocenters. The number of nitrogens with zero attached hydrogens (tertiary/aromatic N) is 3. The van der Waals surface area contributed by atoms with E-state index in [1.165, 1.54) is 37.4 Å². The molecule has 3 saturated heterocycles. The minimum atomic E-state index is 0.736. The largest absolute Gasteiger partial charge is 0.369 e. The van der Waals surface area contributed by atoms with Gasteiger partial charge in [0.15, 0.2) is 0 Å². The first-order valence-corrected chi connectivity index (χ1v) is 8.32. The highest BCUT2D eigenvalue weighted by Crippen LogP contribution is 2.35. The molecule has 3 aliphatic heterocycles. The van der Waals surface area contributed by atoms with E-state index in [2.05, 4.69) is 51.3 Å². The zero-order valence-electron chi connectivity index (χ0n) is 13.0. The molecule has 1 aromatic rings. The molecule has 3 fully saturated rings. The molecule has 0 aromatic heterocycles. The summed E-state index contributed by atoms with van der Waals surface area (Å²) in [5, 5.41) is 3.42. The normalized spacial score (nSPS) is 30.0.